The maximum atomic E-state index is 12.5. The highest BCUT2D eigenvalue weighted by Crippen LogP contribution is 2.32. The van der Waals surface area contributed by atoms with E-state index in [1.807, 2.05) is 25.1 Å². The lowest BCUT2D eigenvalue weighted by molar-refractivity contribution is -0.126. The van der Waals surface area contributed by atoms with Crippen molar-refractivity contribution in [3.8, 4) is 11.5 Å². The van der Waals surface area contributed by atoms with Gasteiger partial charge in [-0.1, -0.05) is 6.07 Å². The van der Waals surface area contributed by atoms with E-state index in [1.54, 1.807) is 0 Å². The van der Waals surface area contributed by atoms with Crippen molar-refractivity contribution in [2.75, 3.05) is 32.6 Å². The first-order chi connectivity index (χ1) is 11.8. The van der Waals surface area contributed by atoms with Crippen LogP contribution in [0.5, 0.6) is 11.5 Å². The second kappa shape index (κ2) is 7.21. The Hall–Kier alpha value is -1.80. The lowest BCUT2D eigenvalue weighted by Gasteiger charge is -2.30. The second-order valence-electron chi connectivity index (χ2n) is 6.57. The van der Waals surface area contributed by atoms with Gasteiger partial charge in [-0.15, -0.1) is 0 Å². The average molecular weight is 368 g/mol. The number of sulfonamides is 1. The second-order valence-corrected chi connectivity index (χ2v) is 8.55. The molecule has 1 aromatic rings. The summed E-state index contributed by atoms with van der Waals surface area (Å²) in [6.45, 7) is 3.79. The number of fused-ring (bicyclic) bond motifs is 1. The number of rotatable bonds is 4. The molecule has 2 aliphatic heterocycles. The molecule has 1 saturated heterocycles. The fourth-order valence-corrected chi connectivity index (χ4v) is 4.07. The van der Waals surface area contributed by atoms with Gasteiger partial charge in [-0.2, -0.15) is 0 Å². The molecule has 1 atom stereocenters. The molecule has 25 heavy (non-hydrogen) atoms. The van der Waals surface area contributed by atoms with E-state index in [0.717, 1.165) is 11.3 Å². The lowest BCUT2D eigenvalue weighted by Crippen LogP contribution is -2.43. The first-order valence-electron chi connectivity index (χ1n) is 8.49. The van der Waals surface area contributed by atoms with Gasteiger partial charge in [0.25, 0.3) is 0 Å². The van der Waals surface area contributed by atoms with Crippen LogP contribution in [0.15, 0.2) is 18.2 Å². The minimum absolute atomic E-state index is 0.0319. The van der Waals surface area contributed by atoms with Crippen molar-refractivity contribution < 1.29 is 22.7 Å². The predicted octanol–water partition coefficient (Wildman–Crippen LogP) is 1.31. The molecule has 0 saturated carbocycles. The van der Waals surface area contributed by atoms with Gasteiger partial charge in [0.15, 0.2) is 11.5 Å². The third kappa shape index (κ3) is 4.24. The fraction of sp³-hybridized carbons (Fsp3) is 0.588. The van der Waals surface area contributed by atoms with Crippen LogP contribution < -0.4 is 14.8 Å². The van der Waals surface area contributed by atoms with Crippen LogP contribution in [0.3, 0.4) is 0 Å². The zero-order chi connectivity index (χ0) is 18.0. The highest BCUT2D eigenvalue weighted by molar-refractivity contribution is 7.88. The molecule has 7 nitrogen and oxygen atoms in total. The van der Waals surface area contributed by atoms with Crippen molar-refractivity contribution in [3.05, 3.63) is 23.8 Å². The molecule has 0 aromatic heterocycles. The van der Waals surface area contributed by atoms with Gasteiger partial charge in [-0.3, -0.25) is 4.79 Å². The van der Waals surface area contributed by atoms with E-state index in [0.29, 0.717) is 44.9 Å². The van der Waals surface area contributed by atoms with Gasteiger partial charge >= 0.3 is 0 Å². The van der Waals surface area contributed by atoms with Crippen LogP contribution in [0.1, 0.15) is 31.4 Å². The van der Waals surface area contributed by atoms with Crippen molar-refractivity contribution in [2.45, 2.75) is 25.8 Å². The molecule has 1 unspecified atom stereocenters. The van der Waals surface area contributed by atoms with E-state index < -0.39 is 10.0 Å². The summed E-state index contributed by atoms with van der Waals surface area (Å²) in [5.74, 6) is 1.24. The van der Waals surface area contributed by atoms with Crippen LogP contribution in [-0.2, 0) is 14.8 Å². The molecule has 0 spiro atoms. The summed E-state index contributed by atoms with van der Waals surface area (Å²) in [7, 11) is -3.17. The molecule has 8 heteroatoms. The number of piperidine rings is 1. The molecule has 1 amide bonds. The Kier molecular flexibility index (Phi) is 5.19. The van der Waals surface area contributed by atoms with Crippen molar-refractivity contribution >= 4 is 15.9 Å². The highest BCUT2D eigenvalue weighted by Gasteiger charge is 2.29. The van der Waals surface area contributed by atoms with Gasteiger partial charge in [0.1, 0.15) is 13.2 Å². The monoisotopic (exact) mass is 368 g/mol. The molecule has 1 fully saturated rings. The Bertz CT molecular complexity index is 741. The summed E-state index contributed by atoms with van der Waals surface area (Å²) < 4.78 is 35.6. The Labute approximate surface area is 148 Å². The third-order valence-electron chi connectivity index (χ3n) is 4.72. The van der Waals surface area contributed by atoms with Gasteiger partial charge < -0.3 is 14.8 Å². The van der Waals surface area contributed by atoms with Gasteiger partial charge in [-0.25, -0.2) is 12.7 Å². The van der Waals surface area contributed by atoms with E-state index in [9.17, 15) is 13.2 Å². The molecular formula is C17H24N2O5S. The van der Waals surface area contributed by atoms with Crippen molar-refractivity contribution in [1.29, 1.82) is 0 Å². The highest BCUT2D eigenvalue weighted by atomic mass is 32.2. The predicted molar refractivity (Wildman–Crippen MR) is 93.1 cm³/mol. The molecule has 1 N–H and O–H groups in total. The first-order valence-corrected chi connectivity index (χ1v) is 10.3. The maximum Gasteiger partial charge on any atom is 0.223 e. The summed E-state index contributed by atoms with van der Waals surface area (Å²) >= 11 is 0. The number of hydrogen-bond donors (Lipinski definition) is 1. The standard InChI is InChI=1S/C17H24N2O5S/c1-12(14-3-4-15-16(11-14)24-10-9-23-15)18-17(20)13-5-7-19(8-6-13)25(2,21)22/h3-4,11-13H,5-10H2,1-2H3,(H,18,20). The van der Waals surface area contributed by atoms with Crippen molar-refractivity contribution in [2.24, 2.45) is 5.92 Å². The van der Waals surface area contributed by atoms with Gasteiger partial charge in [0.05, 0.1) is 12.3 Å². The quantitative estimate of drug-likeness (QED) is 0.866. The van der Waals surface area contributed by atoms with E-state index >= 15 is 0 Å². The molecule has 1 aromatic carbocycles. The minimum Gasteiger partial charge on any atom is -0.486 e. The Morgan fingerprint density at radius 3 is 2.48 bits per heavy atom. The largest absolute Gasteiger partial charge is 0.486 e. The van der Waals surface area contributed by atoms with Crippen LogP contribution in [0.4, 0.5) is 0 Å². The molecular weight excluding hydrogens is 344 g/mol. The van der Waals surface area contributed by atoms with Crippen LogP contribution >= 0.6 is 0 Å². The molecule has 2 heterocycles. The summed E-state index contributed by atoms with van der Waals surface area (Å²) in [6.07, 6.45) is 2.30. The van der Waals surface area contributed by atoms with Crippen molar-refractivity contribution in [1.82, 2.24) is 9.62 Å². The summed E-state index contributed by atoms with van der Waals surface area (Å²) in [6, 6.07) is 5.52. The zero-order valence-electron chi connectivity index (χ0n) is 14.5. The first kappa shape index (κ1) is 18.0. The van der Waals surface area contributed by atoms with E-state index in [1.165, 1.54) is 10.6 Å². The Morgan fingerprint density at radius 1 is 1.20 bits per heavy atom. The third-order valence-corrected chi connectivity index (χ3v) is 6.02. The van der Waals surface area contributed by atoms with Crippen LogP contribution in [0, 0.1) is 5.92 Å². The molecule has 0 aliphatic carbocycles. The number of nitrogens with zero attached hydrogens (tertiary/aromatic N) is 1. The Balaban J connectivity index is 1.58. The van der Waals surface area contributed by atoms with E-state index in [-0.39, 0.29) is 17.9 Å². The lowest BCUT2D eigenvalue weighted by atomic mass is 9.96. The minimum atomic E-state index is -3.17. The van der Waals surface area contributed by atoms with E-state index in [4.69, 9.17) is 9.47 Å². The van der Waals surface area contributed by atoms with Gasteiger partial charge in [0.2, 0.25) is 15.9 Å². The number of ether oxygens (including phenoxy) is 2. The average Bonchev–Trinajstić information content (AvgIpc) is 2.60. The number of carbonyl (C=O) groups excluding carboxylic acids is 1. The number of amides is 1. The molecule has 138 valence electrons. The summed E-state index contributed by atoms with van der Waals surface area (Å²) in [5.41, 5.74) is 0.950. The molecule has 0 radical (unpaired) electrons. The zero-order valence-corrected chi connectivity index (χ0v) is 15.3. The number of nitrogens with one attached hydrogen (secondary N) is 1. The fourth-order valence-electron chi connectivity index (χ4n) is 3.19. The normalized spacial score (nSPS) is 20.1. The molecule has 2 aliphatic rings. The van der Waals surface area contributed by atoms with Crippen molar-refractivity contribution in [3.63, 3.8) is 0 Å². The topological polar surface area (TPSA) is 84.9 Å². The molecule has 3 rings (SSSR count). The summed E-state index contributed by atoms with van der Waals surface area (Å²) in [5, 5.41) is 3.02. The number of carbonyl (C=O) groups is 1. The van der Waals surface area contributed by atoms with Crippen LogP contribution in [0.25, 0.3) is 0 Å². The van der Waals surface area contributed by atoms with Gasteiger partial charge in [-0.05, 0) is 37.5 Å². The van der Waals surface area contributed by atoms with Crippen LogP contribution in [-0.4, -0.2) is 51.2 Å². The number of benzene rings is 1. The smallest absolute Gasteiger partial charge is 0.223 e. The van der Waals surface area contributed by atoms with Crippen LogP contribution in [0.2, 0.25) is 0 Å². The van der Waals surface area contributed by atoms with E-state index in [2.05, 4.69) is 5.32 Å². The summed E-state index contributed by atoms with van der Waals surface area (Å²) in [4.78, 5) is 12.5. The van der Waals surface area contributed by atoms with Gasteiger partial charge in [0, 0.05) is 19.0 Å². The molecule has 0 bridgehead atoms. The Morgan fingerprint density at radius 2 is 1.84 bits per heavy atom. The SMILES string of the molecule is CC(NC(=O)C1CCN(S(C)(=O)=O)CC1)c1ccc2c(c1)OCCO2. The number of hydrogen-bond acceptors (Lipinski definition) is 5. The maximum absolute atomic E-state index is 12.5.